The Kier molecular flexibility index (Phi) is 5.00. The number of hydrogen-bond donors (Lipinski definition) is 0. The molecule has 4 rings (SSSR count). The van der Waals surface area contributed by atoms with E-state index in [0.717, 1.165) is 24.3 Å². The van der Waals surface area contributed by atoms with Gasteiger partial charge in [0.1, 0.15) is 4.32 Å². The summed E-state index contributed by atoms with van der Waals surface area (Å²) in [6, 6.07) is 8.63. The van der Waals surface area contributed by atoms with Gasteiger partial charge in [-0.25, -0.2) is 0 Å². The highest BCUT2D eigenvalue weighted by Crippen LogP contribution is 2.46. The Morgan fingerprint density at radius 3 is 2.75 bits per heavy atom. The highest BCUT2D eigenvalue weighted by molar-refractivity contribution is 8.26. The minimum Gasteiger partial charge on any atom is -0.341 e. The van der Waals surface area contributed by atoms with Crippen molar-refractivity contribution in [3.8, 4) is 0 Å². The minimum absolute atomic E-state index is 0.0354. The molecule has 0 bridgehead atoms. The number of nitrogens with zero attached hydrogens (tertiary/aromatic N) is 2. The van der Waals surface area contributed by atoms with E-state index in [4.69, 9.17) is 12.2 Å². The standard InChI is InChI=1S/C23H26N2OS2/c1-5-24-21(26)20(28-22(24)27)13-17-19(12-15(2)14-23(17,3)4)25-11-10-16-8-6-7-9-18(16)25/h6-9,12-13H,5,10-11,14H2,1-4H3/b20-13+. The molecule has 0 N–H and O–H groups in total. The van der Waals surface area contributed by atoms with Crippen LogP contribution in [0.5, 0.6) is 0 Å². The van der Waals surface area contributed by atoms with Crippen LogP contribution in [0.3, 0.4) is 0 Å². The third-order valence-electron chi connectivity index (χ3n) is 5.75. The SMILES string of the molecule is CCN1C(=O)/C(=C\C2=C(N3CCc4ccccc43)C=C(C)CC2(C)C)SC1=S. The Labute approximate surface area is 177 Å². The molecule has 28 heavy (non-hydrogen) atoms. The monoisotopic (exact) mass is 410 g/mol. The number of likely N-dealkylation sites (N-methyl/N-ethyl adjacent to an activating group) is 1. The predicted octanol–water partition coefficient (Wildman–Crippen LogP) is 5.44. The van der Waals surface area contributed by atoms with Crippen molar-refractivity contribution in [3.05, 3.63) is 63.7 Å². The van der Waals surface area contributed by atoms with Crippen LogP contribution in [0.1, 0.15) is 39.7 Å². The van der Waals surface area contributed by atoms with Gasteiger partial charge in [-0.2, -0.15) is 0 Å². The summed E-state index contributed by atoms with van der Waals surface area (Å²) in [5.41, 5.74) is 6.46. The second-order valence-electron chi connectivity index (χ2n) is 8.31. The molecule has 2 aliphatic heterocycles. The first-order valence-electron chi connectivity index (χ1n) is 9.84. The first kappa shape index (κ1) is 19.5. The molecule has 1 fully saturated rings. The van der Waals surface area contributed by atoms with Gasteiger partial charge in [0.2, 0.25) is 0 Å². The van der Waals surface area contributed by atoms with E-state index in [-0.39, 0.29) is 11.3 Å². The van der Waals surface area contributed by atoms with Crippen LogP contribution in [0.4, 0.5) is 5.69 Å². The summed E-state index contributed by atoms with van der Waals surface area (Å²) in [5.74, 6) is 0.0354. The van der Waals surface area contributed by atoms with E-state index in [1.165, 1.54) is 39.9 Å². The molecule has 3 nitrogen and oxygen atoms in total. The number of allylic oxidation sites excluding steroid dienone is 4. The second-order valence-corrected chi connectivity index (χ2v) is 9.98. The van der Waals surface area contributed by atoms with Crippen molar-refractivity contribution in [2.45, 2.75) is 40.5 Å². The van der Waals surface area contributed by atoms with Gasteiger partial charge in [-0.15, -0.1) is 0 Å². The van der Waals surface area contributed by atoms with Crippen LogP contribution in [0.2, 0.25) is 0 Å². The van der Waals surface area contributed by atoms with Crippen LogP contribution in [-0.4, -0.2) is 28.2 Å². The molecule has 1 aliphatic carbocycles. The average molecular weight is 411 g/mol. The number of rotatable bonds is 3. The van der Waals surface area contributed by atoms with Crippen LogP contribution >= 0.6 is 24.0 Å². The van der Waals surface area contributed by atoms with Gasteiger partial charge in [-0.05, 0) is 61.5 Å². The van der Waals surface area contributed by atoms with Crippen molar-refractivity contribution in [1.29, 1.82) is 0 Å². The lowest BCUT2D eigenvalue weighted by Crippen LogP contribution is -2.29. The normalized spacial score (nSPS) is 23.0. The number of anilines is 1. The molecular formula is C23H26N2OS2. The van der Waals surface area contributed by atoms with E-state index in [9.17, 15) is 4.79 Å². The Morgan fingerprint density at radius 1 is 1.29 bits per heavy atom. The Bertz CT molecular complexity index is 955. The third-order valence-corrected chi connectivity index (χ3v) is 7.13. The van der Waals surface area contributed by atoms with Gasteiger partial charge >= 0.3 is 0 Å². The predicted molar refractivity (Wildman–Crippen MR) is 122 cm³/mol. The van der Waals surface area contributed by atoms with E-state index in [2.05, 4.69) is 62.1 Å². The van der Waals surface area contributed by atoms with Gasteiger partial charge in [0.05, 0.1) is 4.91 Å². The fourth-order valence-electron chi connectivity index (χ4n) is 4.49. The van der Waals surface area contributed by atoms with Crippen LogP contribution in [0.15, 0.2) is 58.2 Å². The fourth-order valence-corrected chi connectivity index (χ4v) is 5.85. The summed E-state index contributed by atoms with van der Waals surface area (Å²) in [5, 5.41) is 0. The highest BCUT2D eigenvalue weighted by Gasteiger charge is 2.36. The van der Waals surface area contributed by atoms with Gasteiger partial charge < -0.3 is 4.90 Å². The van der Waals surface area contributed by atoms with Crippen molar-refractivity contribution in [1.82, 2.24) is 4.90 Å². The molecule has 0 unspecified atom stereocenters. The molecule has 146 valence electrons. The molecule has 1 aromatic carbocycles. The molecule has 1 amide bonds. The van der Waals surface area contributed by atoms with Crippen LogP contribution < -0.4 is 4.90 Å². The molecule has 1 saturated heterocycles. The highest BCUT2D eigenvalue weighted by atomic mass is 32.2. The Hall–Kier alpha value is -1.85. The zero-order chi connectivity index (χ0) is 20.1. The van der Waals surface area contributed by atoms with E-state index >= 15 is 0 Å². The molecule has 0 radical (unpaired) electrons. The number of hydrogen-bond acceptors (Lipinski definition) is 4. The Morgan fingerprint density at radius 2 is 2.04 bits per heavy atom. The summed E-state index contributed by atoms with van der Waals surface area (Å²) in [6.45, 7) is 10.3. The van der Waals surface area contributed by atoms with Crippen LogP contribution in [-0.2, 0) is 11.2 Å². The summed E-state index contributed by atoms with van der Waals surface area (Å²) in [4.78, 5) is 17.7. The smallest absolute Gasteiger partial charge is 0.266 e. The first-order valence-corrected chi connectivity index (χ1v) is 11.1. The lowest BCUT2D eigenvalue weighted by Gasteiger charge is -2.36. The minimum atomic E-state index is -0.0409. The number of carbonyl (C=O) groups is 1. The maximum Gasteiger partial charge on any atom is 0.266 e. The summed E-state index contributed by atoms with van der Waals surface area (Å²) >= 11 is 6.84. The van der Waals surface area contributed by atoms with Crippen molar-refractivity contribution in [2.75, 3.05) is 18.0 Å². The quantitative estimate of drug-likeness (QED) is 0.489. The molecule has 2 heterocycles. The Balaban J connectivity index is 1.85. The maximum absolute atomic E-state index is 12.8. The zero-order valence-corrected chi connectivity index (χ0v) is 18.5. The molecule has 0 spiro atoms. The molecule has 1 aromatic rings. The molecule has 0 atom stereocenters. The number of thioether (sulfide) groups is 1. The van der Waals surface area contributed by atoms with E-state index < -0.39 is 0 Å². The molecule has 0 saturated carbocycles. The first-order chi connectivity index (χ1) is 13.3. The number of thiocarbonyl (C=S) groups is 1. The molecule has 5 heteroatoms. The number of fused-ring (bicyclic) bond motifs is 1. The topological polar surface area (TPSA) is 23.6 Å². The van der Waals surface area contributed by atoms with Gasteiger partial charge in [0.15, 0.2) is 0 Å². The summed E-state index contributed by atoms with van der Waals surface area (Å²) in [7, 11) is 0. The summed E-state index contributed by atoms with van der Waals surface area (Å²) in [6.07, 6.45) is 6.46. The van der Waals surface area contributed by atoms with Gasteiger partial charge in [0.25, 0.3) is 5.91 Å². The third kappa shape index (κ3) is 3.25. The number of benzene rings is 1. The number of amides is 1. The van der Waals surface area contributed by atoms with Gasteiger partial charge in [-0.3, -0.25) is 9.69 Å². The fraction of sp³-hybridized carbons (Fsp3) is 0.391. The van der Waals surface area contributed by atoms with Crippen molar-refractivity contribution in [2.24, 2.45) is 5.41 Å². The van der Waals surface area contributed by atoms with Crippen LogP contribution in [0, 0.1) is 5.41 Å². The second kappa shape index (κ2) is 7.20. The van der Waals surface area contributed by atoms with Crippen molar-refractivity contribution < 1.29 is 4.79 Å². The average Bonchev–Trinajstić information content (AvgIpc) is 3.17. The molecular weight excluding hydrogens is 384 g/mol. The van der Waals surface area contributed by atoms with E-state index in [1.807, 2.05) is 6.92 Å². The zero-order valence-electron chi connectivity index (χ0n) is 16.9. The van der Waals surface area contributed by atoms with Crippen molar-refractivity contribution in [3.63, 3.8) is 0 Å². The number of carbonyl (C=O) groups excluding carboxylic acids is 1. The van der Waals surface area contributed by atoms with Crippen LogP contribution in [0.25, 0.3) is 0 Å². The maximum atomic E-state index is 12.8. The lowest BCUT2D eigenvalue weighted by molar-refractivity contribution is -0.122. The van der Waals surface area contributed by atoms with E-state index in [1.54, 1.807) is 4.90 Å². The van der Waals surface area contributed by atoms with Gasteiger partial charge in [0, 0.05) is 24.5 Å². The largest absolute Gasteiger partial charge is 0.341 e. The molecule has 0 aromatic heterocycles. The number of para-hydroxylation sites is 1. The van der Waals surface area contributed by atoms with Crippen molar-refractivity contribution >= 4 is 39.9 Å². The van der Waals surface area contributed by atoms with Gasteiger partial charge in [-0.1, -0.05) is 61.6 Å². The lowest BCUT2D eigenvalue weighted by atomic mass is 9.74. The summed E-state index contributed by atoms with van der Waals surface area (Å²) < 4.78 is 0.660. The van der Waals surface area contributed by atoms with E-state index in [0.29, 0.717) is 10.9 Å². The molecule has 3 aliphatic rings.